The number of fused-ring (bicyclic) bond motifs is 1. The largest absolute Gasteiger partial charge is 0.497 e. The van der Waals surface area contributed by atoms with Gasteiger partial charge in [-0.2, -0.15) is 0 Å². The third-order valence-corrected chi connectivity index (χ3v) is 5.00. The summed E-state index contributed by atoms with van der Waals surface area (Å²) < 4.78 is 16.4. The molecule has 7 nitrogen and oxygen atoms in total. The summed E-state index contributed by atoms with van der Waals surface area (Å²) in [5.41, 5.74) is 1.42. The molecule has 2 heterocycles. The Hall–Kier alpha value is -2.71. The number of rotatable bonds is 7. The molecular formula is C19H20N2O5S. The number of hydrogen-bond acceptors (Lipinski definition) is 7. The van der Waals surface area contributed by atoms with Crippen molar-refractivity contribution in [2.24, 2.45) is 0 Å². The van der Waals surface area contributed by atoms with Crippen molar-refractivity contribution in [3.8, 4) is 16.9 Å². The number of methoxy groups -OCH3 is 2. The molecule has 0 saturated heterocycles. The number of ether oxygens (including phenoxy) is 3. The van der Waals surface area contributed by atoms with Crippen molar-refractivity contribution in [3.63, 3.8) is 0 Å². The minimum Gasteiger partial charge on any atom is -0.497 e. The summed E-state index contributed by atoms with van der Waals surface area (Å²) in [4.78, 5) is 30.2. The van der Waals surface area contributed by atoms with Crippen molar-refractivity contribution in [2.75, 3.05) is 27.4 Å². The van der Waals surface area contributed by atoms with Gasteiger partial charge in [-0.1, -0.05) is 12.1 Å². The molecule has 0 atom stereocenters. The van der Waals surface area contributed by atoms with Crippen LogP contribution >= 0.6 is 11.3 Å². The Morgan fingerprint density at radius 3 is 2.59 bits per heavy atom. The maximum Gasteiger partial charge on any atom is 0.326 e. The number of carbonyl (C=O) groups excluding carboxylic acids is 1. The first kappa shape index (κ1) is 19.1. The van der Waals surface area contributed by atoms with Crippen LogP contribution in [0.25, 0.3) is 21.3 Å². The number of carbonyl (C=O) groups is 1. The fourth-order valence-corrected chi connectivity index (χ4v) is 3.69. The second-order valence-corrected chi connectivity index (χ2v) is 6.68. The van der Waals surface area contributed by atoms with E-state index in [1.807, 2.05) is 29.6 Å². The first-order chi connectivity index (χ1) is 13.0. The molecule has 0 aliphatic carbocycles. The number of aryl methyl sites for hydroxylation is 1. The summed E-state index contributed by atoms with van der Waals surface area (Å²) in [6, 6.07) is 7.46. The fourth-order valence-electron chi connectivity index (χ4n) is 2.71. The van der Waals surface area contributed by atoms with Crippen molar-refractivity contribution < 1.29 is 19.0 Å². The summed E-state index contributed by atoms with van der Waals surface area (Å²) in [5, 5.41) is 2.40. The van der Waals surface area contributed by atoms with Crippen LogP contribution in [0.15, 0.2) is 34.4 Å². The zero-order valence-corrected chi connectivity index (χ0v) is 16.2. The number of aromatic nitrogens is 2. The summed E-state index contributed by atoms with van der Waals surface area (Å²) in [7, 11) is 3.13. The molecule has 142 valence electrons. The van der Waals surface area contributed by atoms with E-state index in [2.05, 4.69) is 4.98 Å². The number of hydrogen-bond donors (Lipinski definition) is 0. The Balaban J connectivity index is 1.99. The predicted octanol–water partition coefficient (Wildman–Crippen LogP) is 2.63. The van der Waals surface area contributed by atoms with E-state index in [-0.39, 0.29) is 18.7 Å². The molecule has 1 aromatic carbocycles. The number of nitrogens with zero attached hydrogens (tertiary/aromatic N) is 2. The van der Waals surface area contributed by atoms with Crippen molar-refractivity contribution in [1.82, 2.24) is 9.55 Å². The molecule has 0 aliphatic rings. The first-order valence-corrected chi connectivity index (χ1v) is 9.20. The van der Waals surface area contributed by atoms with Crippen LogP contribution in [-0.4, -0.2) is 43.0 Å². The molecule has 27 heavy (non-hydrogen) atoms. The van der Waals surface area contributed by atoms with E-state index in [4.69, 9.17) is 14.2 Å². The molecule has 3 rings (SSSR count). The lowest BCUT2D eigenvalue weighted by Crippen LogP contribution is -2.28. The van der Waals surface area contributed by atoms with Gasteiger partial charge >= 0.3 is 5.97 Å². The third kappa shape index (κ3) is 4.01. The average Bonchev–Trinajstić information content (AvgIpc) is 3.09. The normalized spacial score (nSPS) is 10.9. The van der Waals surface area contributed by atoms with Crippen LogP contribution < -0.4 is 10.3 Å². The summed E-state index contributed by atoms with van der Waals surface area (Å²) in [6.07, 6.45) is 0. The number of thiophene rings is 1. The van der Waals surface area contributed by atoms with Gasteiger partial charge in [-0.05, 0) is 24.6 Å². The van der Waals surface area contributed by atoms with E-state index in [0.29, 0.717) is 22.6 Å². The third-order valence-electron chi connectivity index (χ3n) is 4.12. The highest BCUT2D eigenvalue weighted by atomic mass is 32.1. The standard InChI is InChI=1S/C19H20N2O5S/c1-12-20-18-17(19(23)21(12)10-16(22)26-9-8-24-2)15(11-27-18)13-4-6-14(25-3)7-5-13/h4-7,11H,8-10H2,1-3H3. The maximum absolute atomic E-state index is 13.1. The minimum atomic E-state index is -0.500. The molecule has 0 bridgehead atoms. The summed E-state index contributed by atoms with van der Waals surface area (Å²) in [6.45, 7) is 1.97. The number of benzene rings is 1. The Morgan fingerprint density at radius 1 is 1.19 bits per heavy atom. The highest BCUT2D eigenvalue weighted by Gasteiger charge is 2.17. The molecule has 2 aromatic heterocycles. The van der Waals surface area contributed by atoms with Gasteiger partial charge in [-0.3, -0.25) is 14.2 Å². The van der Waals surface area contributed by atoms with Gasteiger partial charge < -0.3 is 14.2 Å². The van der Waals surface area contributed by atoms with Crippen LogP contribution in [0.1, 0.15) is 5.82 Å². The van der Waals surface area contributed by atoms with Crippen molar-refractivity contribution in [3.05, 3.63) is 45.8 Å². The molecular weight excluding hydrogens is 368 g/mol. The molecule has 0 N–H and O–H groups in total. The van der Waals surface area contributed by atoms with Gasteiger partial charge in [0.05, 0.1) is 19.1 Å². The van der Waals surface area contributed by atoms with E-state index in [1.165, 1.54) is 23.0 Å². The van der Waals surface area contributed by atoms with Gasteiger partial charge in [-0.15, -0.1) is 11.3 Å². The SMILES string of the molecule is COCCOC(=O)Cn1c(C)nc2scc(-c3ccc(OC)cc3)c2c1=O. The van der Waals surface area contributed by atoms with Crippen LogP contribution in [0.2, 0.25) is 0 Å². The molecule has 0 aliphatic heterocycles. The quantitative estimate of drug-likeness (QED) is 0.457. The van der Waals surface area contributed by atoms with Gasteiger partial charge in [0.25, 0.3) is 5.56 Å². The second-order valence-electron chi connectivity index (χ2n) is 5.82. The molecule has 0 radical (unpaired) electrons. The molecule has 0 saturated carbocycles. The van der Waals surface area contributed by atoms with Crippen LogP contribution in [-0.2, 0) is 20.8 Å². The Labute approximate surface area is 160 Å². The van der Waals surface area contributed by atoms with Crippen LogP contribution in [0.3, 0.4) is 0 Å². The highest BCUT2D eigenvalue weighted by Crippen LogP contribution is 2.31. The zero-order valence-electron chi connectivity index (χ0n) is 15.4. The Kier molecular flexibility index (Phi) is 5.88. The second kappa shape index (κ2) is 8.32. The van der Waals surface area contributed by atoms with Gasteiger partial charge in [0, 0.05) is 18.1 Å². The zero-order chi connectivity index (χ0) is 19.4. The van der Waals surface area contributed by atoms with E-state index >= 15 is 0 Å². The highest BCUT2D eigenvalue weighted by molar-refractivity contribution is 7.17. The van der Waals surface area contributed by atoms with Gasteiger partial charge in [0.1, 0.15) is 29.6 Å². The summed E-state index contributed by atoms with van der Waals surface area (Å²) in [5.74, 6) is 0.711. The predicted molar refractivity (Wildman–Crippen MR) is 103 cm³/mol. The van der Waals surface area contributed by atoms with E-state index in [1.54, 1.807) is 14.0 Å². The molecule has 0 unspecified atom stereocenters. The monoisotopic (exact) mass is 388 g/mol. The molecule has 0 fully saturated rings. The fraction of sp³-hybridized carbons (Fsp3) is 0.316. The van der Waals surface area contributed by atoms with Crippen LogP contribution in [0.4, 0.5) is 0 Å². The van der Waals surface area contributed by atoms with Crippen molar-refractivity contribution in [1.29, 1.82) is 0 Å². The van der Waals surface area contributed by atoms with E-state index in [9.17, 15) is 9.59 Å². The van der Waals surface area contributed by atoms with Crippen molar-refractivity contribution in [2.45, 2.75) is 13.5 Å². The smallest absolute Gasteiger partial charge is 0.326 e. The van der Waals surface area contributed by atoms with E-state index in [0.717, 1.165) is 16.9 Å². The van der Waals surface area contributed by atoms with E-state index < -0.39 is 5.97 Å². The van der Waals surface area contributed by atoms with Crippen LogP contribution in [0, 0.1) is 6.92 Å². The lowest BCUT2D eigenvalue weighted by molar-refractivity contribution is -0.145. The Bertz CT molecular complexity index is 1010. The summed E-state index contributed by atoms with van der Waals surface area (Å²) >= 11 is 1.40. The lowest BCUT2D eigenvalue weighted by Gasteiger charge is -2.10. The Morgan fingerprint density at radius 2 is 1.93 bits per heavy atom. The average molecular weight is 388 g/mol. The van der Waals surface area contributed by atoms with Crippen LogP contribution in [0.5, 0.6) is 5.75 Å². The molecule has 0 amide bonds. The van der Waals surface area contributed by atoms with Gasteiger partial charge in [0.2, 0.25) is 0 Å². The van der Waals surface area contributed by atoms with Crippen molar-refractivity contribution >= 4 is 27.5 Å². The minimum absolute atomic E-state index is 0.147. The lowest BCUT2D eigenvalue weighted by atomic mass is 10.1. The molecule has 3 aromatic rings. The topological polar surface area (TPSA) is 79.7 Å². The maximum atomic E-state index is 13.1. The van der Waals surface area contributed by atoms with Gasteiger partial charge in [-0.25, -0.2) is 4.98 Å². The van der Waals surface area contributed by atoms with Gasteiger partial charge in [0.15, 0.2) is 0 Å². The molecule has 8 heteroatoms. The first-order valence-electron chi connectivity index (χ1n) is 8.32. The number of esters is 1. The molecule has 0 spiro atoms.